The first-order chi connectivity index (χ1) is 12.9. The summed E-state index contributed by atoms with van der Waals surface area (Å²) in [5.41, 5.74) is 2.73. The summed E-state index contributed by atoms with van der Waals surface area (Å²) in [6, 6.07) is 7.16. The molecule has 142 valence electrons. The molecule has 1 aromatic carbocycles. The van der Waals surface area contributed by atoms with Crippen molar-refractivity contribution in [3.05, 3.63) is 55.7 Å². The highest BCUT2D eigenvalue weighted by Gasteiger charge is 2.25. The molecule has 1 amide bonds. The van der Waals surface area contributed by atoms with Crippen molar-refractivity contribution in [2.45, 2.75) is 38.3 Å². The molecule has 8 nitrogen and oxygen atoms in total. The van der Waals surface area contributed by atoms with Crippen LogP contribution in [0.4, 0.5) is 5.82 Å². The van der Waals surface area contributed by atoms with E-state index >= 15 is 0 Å². The maximum atomic E-state index is 12.9. The maximum Gasteiger partial charge on any atom is 0.332 e. The van der Waals surface area contributed by atoms with Gasteiger partial charge in [-0.2, -0.15) is 0 Å². The smallest absolute Gasteiger partial charge is 0.304 e. The molecule has 0 saturated heterocycles. The molecule has 2 aromatic rings. The van der Waals surface area contributed by atoms with Gasteiger partial charge in [0.15, 0.2) is 11.0 Å². The van der Waals surface area contributed by atoms with E-state index in [1.54, 1.807) is 18.2 Å². The van der Waals surface area contributed by atoms with Gasteiger partial charge in [-0.15, -0.1) is 5.10 Å². The minimum absolute atomic E-state index is 0.226. The molecule has 10 heteroatoms. The standard InChI is InChI=1S/C17H18ClN5O3S/c1-3-7-22-15(25)13-14(20-21-16(27-13)19-10(2)24)23(17(22)26)9-11-5-4-6-12(18)8-11/h4-6,8,20H,3,7,9H2,1-2H3,(H,19,21,24). The number of amides is 1. The zero-order valence-electron chi connectivity index (χ0n) is 14.8. The topological polar surface area (TPSA) is 97.5 Å². The zero-order chi connectivity index (χ0) is 19.6. The fourth-order valence-corrected chi connectivity index (χ4v) is 3.83. The third-order valence-electron chi connectivity index (χ3n) is 3.81. The Morgan fingerprint density at radius 2 is 2.11 bits per heavy atom. The van der Waals surface area contributed by atoms with Crippen LogP contribution in [0.2, 0.25) is 5.02 Å². The fraction of sp³-hybridized carbons (Fsp3) is 0.294. The Hall–Kier alpha value is -2.52. The number of amidine groups is 1. The van der Waals surface area contributed by atoms with Gasteiger partial charge in [-0.25, -0.2) is 4.79 Å². The number of nitrogens with one attached hydrogen (secondary N) is 2. The molecule has 0 spiro atoms. The molecule has 0 aliphatic carbocycles. The van der Waals surface area contributed by atoms with E-state index in [1.165, 1.54) is 16.1 Å². The number of hydrazone groups is 1. The molecule has 27 heavy (non-hydrogen) atoms. The molecular formula is C17H18ClN5O3S. The van der Waals surface area contributed by atoms with E-state index in [1.807, 2.05) is 13.0 Å². The average molecular weight is 408 g/mol. The highest BCUT2D eigenvalue weighted by molar-refractivity contribution is 8.14. The van der Waals surface area contributed by atoms with Crippen LogP contribution in [0.3, 0.4) is 0 Å². The lowest BCUT2D eigenvalue weighted by molar-refractivity contribution is -0.117. The van der Waals surface area contributed by atoms with Gasteiger partial charge < -0.3 is 5.32 Å². The molecule has 1 aromatic heterocycles. The quantitative estimate of drug-likeness (QED) is 0.808. The van der Waals surface area contributed by atoms with E-state index in [0.29, 0.717) is 28.7 Å². The second-order valence-corrected chi connectivity index (χ2v) is 7.38. The number of aromatic nitrogens is 2. The lowest BCUT2D eigenvalue weighted by atomic mass is 10.2. The number of fused-ring (bicyclic) bond motifs is 1. The highest BCUT2D eigenvalue weighted by Crippen LogP contribution is 2.28. The summed E-state index contributed by atoms with van der Waals surface area (Å²) in [7, 11) is 0. The molecule has 1 aliphatic heterocycles. The summed E-state index contributed by atoms with van der Waals surface area (Å²) in [6.07, 6.45) is 0.635. The third-order valence-corrected chi connectivity index (χ3v) is 5.00. The van der Waals surface area contributed by atoms with E-state index in [9.17, 15) is 14.4 Å². The summed E-state index contributed by atoms with van der Waals surface area (Å²) in [4.78, 5) is 37.3. The summed E-state index contributed by atoms with van der Waals surface area (Å²) in [6.45, 7) is 3.77. The van der Waals surface area contributed by atoms with Crippen molar-refractivity contribution < 1.29 is 4.79 Å². The minimum Gasteiger partial charge on any atom is -0.304 e. The number of hydrogen-bond donors (Lipinski definition) is 2. The first-order valence-corrected chi connectivity index (χ1v) is 9.51. The molecule has 3 rings (SSSR count). The van der Waals surface area contributed by atoms with Crippen LogP contribution >= 0.6 is 23.4 Å². The van der Waals surface area contributed by atoms with Crippen LogP contribution in [-0.4, -0.2) is 20.2 Å². The van der Waals surface area contributed by atoms with Crippen molar-refractivity contribution >= 4 is 40.3 Å². The number of rotatable bonds is 4. The van der Waals surface area contributed by atoms with Crippen molar-refractivity contribution in [1.29, 1.82) is 0 Å². The van der Waals surface area contributed by atoms with Crippen LogP contribution in [0, 0.1) is 0 Å². The largest absolute Gasteiger partial charge is 0.332 e. The molecule has 1 aliphatic rings. The van der Waals surface area contributed by atoms with E-state index in [-0.39, 0.29) is 17.6 Å². The number of carbonyl (C=O) groups is 1. The maximum absolute atomic E-state index is 12.9. The number of benzene rings is 1. The van der Waals surface area contributed by atoms with Gasteiger partial charge in [-0.05, 0) is 35.9 Å². The van der Waals surface area contributed by atoms with Gasteiger partial charge in [0, 0.05) is 18.5 Å². The molecule has 0 saturated carbocycles. The molecular weight excluding hydrogens is 390 g/mol. The van der Waals surface area contributed by atoms with Crippen molar-refractivity contribution in [1.82, 2.24) is 14.5 Å². The number of hydrogen-bond acceptors (Lipinski definition) is 6. The van der Waals surface area contributed by atoms with Crippen molar-refractivity contribution in [3.63, 3.8) is 0 Å². The first kappa shape index (κ1) is 19.2. The Kier molecular flexibility index (Phi) is 5.71. The Morgan fingerprint density at radius 1 is 1.33 bits per heavy atom. The van der Waals surface area contributed by atoms with Crippen LogP contribution < -0.4 is 22.0 Å². The van der Waals surface area contributed by atoms with Gasteiger partial charge in [0.25, 0.3) is 5.56 Å². The molecule has 0 radical (unpaired) electrons. The molecule has 2 heterocycles. The second kappa shape index (κ2) is 8.01. The monoisotopic (exact) mass is 407 g/mol. The molecule has 2 N–H and O–H groups in total. The van der Waals surface area contributed by atoms with Gasteiger partial charge >= 0.3 is 5.69 Å². The minimum atomic E-state index is -0.424. The Morgan fingerprint density at radius 3 is 2.78 bits per heavy atom. The lowest BCUT2D eigenvalue weighted by Gasteiger charge is -2.22. The number of anilines is 1. The zero-order valence-corrected chi connectivity index (χ0v) is 16.4. The third kappa shape index (κ3) is 4.09. The molecule has 0 fully saturated rings. The van der Waals surface area contributed by atoms with E-state index in [2.05, 4.69) is 15.8 Å². The SMILES string of the molecule is CCCn1c(=O)c2c(n(Cc3cccc(Cl)c3)c1=O)NN=C(NC(C)=O)S2. The van der Waals surface area contributed by atoms with Gasteiger partial charge in [0.2, 0.25) is 5.91 Å². The summed E-state index contributed by atoms with van der Waals surface area (Å²) < 4.78 is 2.66. The van der Waals surface area contributed by atoms with Gasteiger partial charge in [0.05, 0.1) is 6.54 Å². The van der Waals surface area contributed by atoms with Crippen molar-refractivity contribution in [2.75, 3.05) is 5.43 Å². The number of nitrogens with zero attached hydrogens (tertiary/aromatic N) is 3. The lowest BCUT2D eigenvalue weighted by Crippen LogP contribution is -2.43. The second-order valence-electron chi connectivity index (χ2n) is 5.95. The fourth-order valence-electron chi connectivity index (χ4n) is 2.69. The van der Waals surface area contributed by atoms with Crippen molar-refractivity contribution in [3.8, 4) is 0 Å². The van der Waals surface area contributed by atoms with E-state index in [0.717, 1.165) is 17.3 Å². The van der Waals surface area contributed by atoms with Gasteiger partial charge in [-0.1, -0.05) is 30.7 Å². The summed E-state index contributed by atoms with van der Waals surface area (Å²) in [5, 5.41) is 7.42. The first-order valence-electron chi connectivity index (χ1n) is 8.32. The Labute approximate surface area is 164 Å². The van der Waals surface area contributed by atoms with Crippen LogP contribution in [0.25, 0.3) is 0 Å². The van der Waals surface area contributed by atoms with Gasteiger partial charge in [0.1, 0.15) is 4.90 Å². The molecule has 0 bridgehead atoms. The van der Waals surface area contributed by atoms with Gasteiger partial charge in [-0.3, -0.25) is 24.1 Å². The van der Waals surface area contributed by atoms with Crippen LogP contribution in [0.1, 0.15) is 25.8 Å². The van der Waals surface area contributed by atoms with Crippen molar-refractivity contribution in [2.24, 2.45) is 5.10 Å². The summed E-state index contributed by atoms with van der Waals surface area (Å²) >= 11 is 7.07. The number of carbonyl (C=O) groups excluding carboxylic acids is 1. The Balaban J connectivity index is 2.12. The van der Waals surface area contributed by atoms with Crippen LogP contribution in [-0.2, 0) is 17.9 Å². The molecule has 0 unspecified atom stereocenters. The highest BCUT2D eigenvalue weighted by atomic mass is 35.5. The normalized spacial score (nSPS) is 12.8. The van der Waals surface area contributed by atoms with Crippen LogP contribution in [0.15, 0.2) is 43.9 Å². The predicted octanol–water partition coefficient (Wildman–Crippen LogP) is 2.05. The Bertz CT molecular complexity index is 1040. The van der Waals surface area contributed by atoms with Crippen LogP contribution in [0.5, 0.6) is 0 Å². The number of halogens is 1. The molecule has 0 atom stereocenters. The summed E-state index contributed by atoms with van der Waals surface area (Å²) in [5.74, 6) is 0.00376. The van der Waals surface area contributed by atoms with E-state index in [4.69, 9.17) is 11.6 Å². The van der Waals surface area contributed by atoms with E-state index < -0.39 is 11.2 Å². The predicted molar refractivity (Wildman–Crippen MR) is 107 cm³/mol. The average Bonchev–Trinajstić information content (AvgIpc) is 2.62. The number of thioether (sulfide) groups is 1.